The minimum Gasteiger partial charge on any atom is -0.388 e. The van der Waals surface area contributed by atoms with E-state index in [1.165, 1.54) is 23.5 Å². The minimum atomic E-state index is -4.84. The number of ether oxygens (including phenoxy) is 2. The molecule has 7 heterocycles. The van der Waals surface area contributed by atoms with Crippen LogP contribution in [0, 0.1) is 11.3 Å². The van der Waals surface area contributed by atoms with E-state index in [0.29, 0.717) is 17.6 Å². The summed E-state index contributed by atoms with van der Waals surface area (Å²) in [7, 11) is -8.15. The van der Waals surface area contributed by atoms with Crippen LogP contribution in [0.4, 0.5) is 11.8 Å². The second kappa shape index (κ2) is 9.60. The van der Waals surface area contributed by atoms with Crippen molar-refractivity contribution in [3.05, 3.63) is 29.3 Å². The molecule has 7 N–H and O–H groups in total. The fourth-order valence-corrected chi connectivity index (χ4v) is 9.55. The number of nitrogen functional groups attached to an aromatic ring is 2. The summed E-state index contributed by atoms with van der Waals surface area (Å²) >= 11 is 0. The lowest BCUT2D eigenvalue weighted by atomic mass is 10.0. The van der Waals surface area contributed by atoms with Crippen LogP contribution in [0.1, 0.15) is 18.7 Å². The number of nitrogens with one attached hydrogen (secondary N) is 1. The van der Waals surface area contributed by atoms with Gasteiger partial charge in [0.15, 0.2) is 28.9 Å². The molecule has 4 aromatic heterocycles. The van der Waals surface area contributed by atoms with Crippen molar-refractivity contribution in [2.75, 3.05) is 31.3 Å². The third-order valence-electron chi connectivity index (χ3n) is 9.62. The molecule has 3 unspecified atom stereocenters. The molecule has 9 rings (SSSR count). The zero-order valence-electron chi connectivity index (χ0n) is 23.4. The van der Waals surface area contributed by atoms with Gasteiger partial charge in [-0.15, -0.1) is 0 Å². The van der Waals surface area contributed by atoms with Crippen molar-refractivity contribution in [3.63, 3.8) is 0 Å². The highest BCUT2D eigenvalue weighted by Gasteiger charge is 2.74. The summed E-state index contributed by atoms with van der Waals surface area (Å²) in [5.74, 6) is -0.350. The predicted molar refractivity (Wildman–Crippen MR) is 151 cm³/mol. The number of phosphoric acid groups is 1. The number of imidazole rings is 2. The molecule has 4 aromatic rings. The lowest BCUT2D eigenvalue weighted by molar-refractivity contribution is -0.183. The Labute approximate surface area is 256 Å². The lowest BCUT2D eigenvalue weighted by Gasteiger charge is -2.33. The summed E-state index contributed by atoms with van der Waals surface area (Å²) in [6.45, 7) is -0.998. The Morgan fingerprint density at radius 1 is 1.07 bits per heavy atom. The maximum absolute atomic E-state index is 13.5. The molecular formula is C23H26N10O11P2. The van der Waals surface area contributed by atoms with E-state index in [0.717, 1.165) is 0 Å². The molecule has 3 saturated heterocycles. The molecule has 0 radical (unpaired) electrons. The van der Waals surface area contributed by atoms with E-state index < -0.39 is 75.9 Å². The molecule has 2 bridgehead atoms. The number of fused-ring (bicyclic) bond motifs is 2. The maximum atomic E-state index is 13.5. The summed E-state index contributed by atoms with van der Waals surface area (Å²) in [5.41, 5.74) is 9.30. The van der Waals surface area contributed by atoms with Gasteiger partial charge in [-0.25, -0.2) is 24.5 Å². The number of nitrogens with two attached hydrogens (primary N) is 2. The fraction of sp³-hybridized carbons (Fsp3) is 0.565. The number of aliphatic hydroxyl groups is 1. The highest BCUT2D eigenvalue weighted by molar-refractivity contribution is 7.47. The van der Waals surface area contributed by atoms with Crippen LogP contribution in [0.5, 0.6) is 0 Å². The van der Waals surface area contributed by atoms with Gasteiger partial charge in [0.1, 0.15) is 41.9 Å². The number of phosphoric ester groups is 1. The number of anilines is 2. The number of H-pyrrole nitrogens is 1. The van der Waals surface area contributed by atoms with Crippen molar-refractivity contribution < 1.29 is 46.7 Å². The molecule has 11 atom stereocenters. The van der Waals surface area contributed by atoms with Crippen LogP contribution in [0.25, 0.3) is 22.3 Å². The van der Waals surface area contributed by atoms with Gasteiger partial charge in [-0.05, 0) is 12.3 Å². The van der Waals surface area contributed by atoms with Crippen molar-refractivity contribution in [2.45, 2.75) is 48.7 Å². The van der Waals surface area contributed by atoms with Gasteiger partial charge >= 0.3 is 16.1 Å². The molecule has 23 heteroatoms. The van der Waals surface area contributed by atoms with Crippen molar-refractivity contribution in [2.24, 2.45) is 11.3 Å². The maximum Gasteiger partial charge on any atom is 0.472 e. The quantitative estimate of drug-likeness (QED) is 0.159. The van der Waals surface area contributed by atoms with Crippen LogP contribution >= 0.6 is 16.1 Å². The summed E-state index contributed by atoms with van der Waals surface area (Å²) in [6.07, 6.45) is -1.30. The molecule has 0 amide bonds. The molecule has 1 spiro atoms. The zero-order valence-corrected chi connectivity index (χ0v) is 25.3. The standard InChI is InChI=1S/C23H26N10O11P2/c24-16-9-17(27-5-26-16)32(6-28-9)11-8-1-22(8)2-41-46(37,38)44-15-13-20(33-7-29-10-18(33)30-21(25)31-19(10)35)42-23(15,3-39-13)4-40-45(36)43-14(22)12(11)34/h5-8,11-15,20,34,45H,1-4H2,(H,37,38)(H2,24,26,27)(H3,25,30,31,35)/t8-,11-,12+,13-,14+,15+,20-,22?,23-/m1/s1. The van der Waals surface area contributed by atoms with Crippen LogP contribution in [0.3, 0.4) is 0 Å². The first kappa shape index (κ1) is 28.8. The average Bonchev–Trinajstić information content (AvgIpc) is 3.43. The number of aromatic nitrogens is 8. The predicted octanol–water partition coefficient (Wildman–Crippen LogP) is -0.980. The molecule has 2 saturated carbocycles. The van der Waals surface area contributed by atoms with Gasteiger partial charge in [-0.1, -0.05) is 0 Å². The van der Waals surface area contributed by atoms with Crippen LogP contribution in [-0.2, 0) is 36.7 Å². The van der Waals surface area contributed by atoms with Gasteiger partial charge in [0.05, 0.1) is 38.5 Å². The Bertz CT molecular complexity index is 2060. The smallest absolute Gasteiger partial charge is 0.388 e. The Morgan fingerprint density at radius 2 is 1.87 bits per heavy atom. The van der Waals surface area contributed by atoms with E-state index in [4.69, 9.17) is 39.0 Å². The molecule has 3 aliphatic heterocycles. The van der Waals surface area contributed by atoms with Crippen LogP contribution in [0.15, 0.2) is 23.8 Å². The first-order valence-electron chi connectivity index (χ1n) is 14.1. The highest BCUT2D eigenvalue weighted by atomic mass is 31.2. The third kappa shape index (κ3) is 3.98. The summed E-state index contributed by atoms with van der Waals surface area (Å²) in [5, 5.41) is 11.5. The number of nitrogens with zero attached hydrogens (tertiary/aromatic N) is 7. The summed E-state index contributed by atoms with van der Waals surface area (Å²) in [4.78, 5) is 46.4. The highest BCUT2D eigenvalue weighted by Crippen LogP contribution is 2.71. The van der Waals surface area contributed by atoms with Crippen molar-refractivity contribution in [1.82, 2.24) is 39.0 Å². The van der Waals surface area contributed by atoms with Gasteiger partial charge in [-0.3, -0.25) is 28.0 Å². The fourth-order valence-electron chi connectivity index (χ4n) is 7.48. The van der Waals surface area contributed by atoms with Crippen molar-refractivity contribution >= 4 is 50.2 Å². The number of aromatic amines is 1. The molecule has 5 fully saturated rings. The monoisotopic (exact) mass is 680 g/mol. The Morgan fingerprint density at radius 3 is 2.72 bits per heavy atom. The van der Waals surface area contributed by atoms with Crippen molar-refractivity contribution in [1.29, 1.82) is 0 Å². The largest absolute Gasteiger partial charge is 0.472 e. The third-order valence-corrected chi connectivity index (χ3v) is 11.4. The first-order valence-corrected chi connectivity index (χ1v) is 16.8. The topological polar surface area (TPSA) is 289 Å². The Hall–Kier alpha value is -3.36. The lowest BCUT2D eigenvalue weighted by Crippen LogP contribution is -2.46. The van der Waals surface area contributed by atoms with E-state index in [-0.39, 0.29) is 42.1 Å². The molecule has 0 aromatic carbocycles. The van der Waals surface area contributed by atoms with Crippen LogP contribution in [0.2, 0.25) is 0 Å². The summed E-state index contributed by atoms with van der Waals surface area (Å²) < 4.78 is 65.0. The molecule has 2 aliphatic carbocycles. The van der Waals surface area contributed by atoms with E-state index in [9.17, 15) is 23.9 Å². The SMILES string of the molecule is Nc1nc2c(ncn2[C@@H]2O[C@@]34CO[C@@H]2[C@@H]3OP(=O)(O)OCC23C[C@@H]2[C@@H](n2cnc5c(N)ncnc52)[C@H](O)[C@@H]3O[PH](=O)OC4)c(=O)[nH]1. The van der Waals surface area contributed by atoms with E-state index in [1.54, 1.807) is 4.57 Å². The van der Waals surface area contributed by atoms with Crippen LogP contribution in [-0.4, -0.2) is 98.9 Å². The van der Waals surface area contributed by atoms with Gasteiger partial charge in [0.25, 0.3) is 5.56 Å². The first-order chi connectivity index (χ1) is 22.0. The minimum absolute atomic E-state index is 0.0231. The van der Waals surface area contributed by atoms with Gasteiger partial charge < -0.3 is 44.6 Å². The molecule has 46 heavy (non-hydrogen) atoms. The average molecular weight is 680 g/mol. The molecule has 21 nitrogen and oxygen atoms in total. The Balaban J connectivity index is 1.04. The Kier molecular flexibility index (Phi) is 6.02. The molecule has 5 aliphatic rings. The van der Waals surface area contributed by atoms with E-state index in [1.807, 2.05) is 0 Å². The van der Waals surface area contributed by atoms with E-state index >= 15 is 0 Å². The second-order valence-electron chi connectivity index (χ2n) is 12.1. The second-order valence-corrected chi connectivity index (χ2v) is 14.5. The number of hydrogen-bond acceptors (Lipinski definition) is 17. The van der Waals surface area contributed by atoms with Crippen molar-refractivity contribution in [3.8, 4) is 0 Å². The molecule has 244 valence electrons. The van der Waals surface area contributed by atoms with Gasteiger partial charge in [-0.2, -0.15) is 4.98 Å². The van der Waals surface area contributed by atoms with Gasteiger partial charge in [0, 0.05) is 5.41 Å². The summed E-state index contributed by atoms with van der Waals surface area (Å²) in [6, 6.07) is -0.668. The number of aliphatic hydroxyl groups excluding tert-OH is 1. The number of hydrogen-bond donors (Lipinski definition) is 5. The van der Waals surface area contributed by atoms with E-state index in [2.05, 4.69) is 29.9 Å². The molecular weight excluding hydrogens is 654 g/mol. The van der Waals surface area contributed by atoms with Crippen LogP contribution < -0.4 is 17.0 Å². The number of rotatable bonds is 2. The zero-order chi connectivity index (χ0) is 31.7. The van der Waals surface area contributed by atoms with Gasteiger partial charge in [0.2, 0.25) is 5.95 Å². The normalized spacial score (nSPS) is 42.0.